The highest BCUT2D eigenvalue weighted by molar-refractivity contribution is 5.85. The lowest BCUT2D eigenvalue weighted by molar-refractivity contribution is -0.138. The Kier molecular flexibility index (Phi) is 3.76. The Morgan fingerprint density at radius 3 is 2.89 bits per heavy atom. The van der Waals surface area contributed by atoms with Crippen molar-refractivity contribution in [3.05, 3.63) is 0 Å². The van der Waals surface area contributed by atoms with Gasteiger partial charge in [-0.2, -0.15) is 0 Å². The van der Waals surface area contributed by atoms with E-state index in [2.05, 4.69) is 5.32 Å². The Hall–Kier alpha value is -1.06. The zero-order valence-corrected chi connectivity index (χ0v) is 11.6. The van der Waals surface area contributed by atoms with E-state index >= 15 is 0 Å². The average Bonchev–Trinajstić information content (AvgIpc) is 2.97. The molecule has 4 heteroatoms. The standard InChI is InChI=1S/C15H24N2O2/c18-14(10-17-9-2-1-6-15(17)19)16-13-8-7-11-4-3-5-12(11)13/h11-13H,1-10H2,(H,16,18)/t11-,12-,13-/m1/s1. The van der Waals surface area contributed by atoms with E-state index in [-0.39, 0.29) is 18.4 Å². The zero-order chi connectivity index (χ0) is 13.2. The van der Waals surface area contributed by atoms with Crippen LogP contribution in [0.25, 0.3) is 0 Å². The molecule has 0 aromatic rings. The van der Waals surface area contributed by atoms with Crippen LogP contribution in [0.2, 0.25) is 0 Å². The van der Waals surface area contributed by atoms with Crippen molar-refractivity contribution in [2.45, 2.75) is 57.4 Å². The molecule has 1 N–H and O–H groups in total. The summed E-state index contributed by atoms with van der Waals surface area (Å²) in [7, 11) is 0. The number of rotatable bonds is 3. The number of amides is 2. The van der Waals surface area contributed by atoms with Crippen molar-refractivity contribution in [2.24, 2.45) is 11.8 Å². The second kappa shape index (κ2) is 5.51. The van der Waals surface area contributed by atoms with Gasteiger partial charge in [0.25, 0.3) is 0 Å². The monoisotopic (exact) mass is 264 g/mol. The van der Waals surface area contributed by atoms with Crippen molar-refractivity contribution in [1.82, 2.24) is 10.2 Å². The summed E-state index contributed by atoms with van der Waals surface area (Å²) in [4.78, 5) is 25.5. The van der Waals surface area contributed by atoms with Gasteiger partial charge in [-0.1, -0.05) is 12.8 Å². The van der Waals surface area contributed by atoms with Crippen LogP contribution in [-0.4, -0.2) is 35.8 Å². The van der Waals surface area contributed by atoms with Crippen molar-refractivity contribution >= 4 is 11.8 Å². The van der Waals surface area contributed by atoms with E-state index in [1.807, 2.05) is 0 Å². The summed E-state index contributed by atoms with van der Waals surface area (Å²) in [6, 6.07) is 0.375. The van der Waals surface area contributed by atoms with E-state index in [0.29, 0.717) is 18.4 Å². The normalized spacial score (nSPS) is 34.4. The largest absolute Gasteiger partial charge is 0.352 e. The summed E-state index contributed by atoms with van der Waals surface area (Å²) in [5.74, 6) is 1.75. The molecular formula is C15H24N2O2. The second-order valence-corrected chi connectivity index (χ2v) is 6.38. The molecule has 0 unspecified atom stereocenters. The fourth-order valence-corrected chi connectivity index (χ4v) is 4.20. The third kappa shape index (κ3) is 2.77. The van der Waals surface area contributed by atoms with E-state index < -0.39 is 0 Å². The second-order valence-electron chi connectivity index (χ2n) is 6.38. The van der Waals surface area contributed by atoms with Gasteiger partial charge in [-0.25, -0.2) is 0 Å². The van der Waals surface area contributed by atoms with Gasteiger partial charge in [-0.15, -0.1) is 0 Å². The Balaban J connectivity index is 1.49. The first-order chi connectivity index (χ1) is 9.24. The molecular weight excluding hydrogens is 240 g/mol. The van der Waals surface area contributed by atoms with Crippen LogP contribution >= 0.6 is 0 Å². The van der Waals surface area contributed by atoms with Gasteiger partial charge in [0.15, 0.2) is 0 Å². The first kappa shape index (κ1) is 12.9. The van der Waals surface area contributed by atoms with Crippen molar-refractivity contribution in [3.8, 4) is 0 Å². The molecule has 2 aliphatic carbocycles. The number of carbonyl (C=O) groups excluding carboxylic acids is 2. The molecule has 3 rings (SSSR count). The first-order valence-electron chi connectivity index (χ1n) is 7.81. The Morgan fingerprint density at radius 2 is 2.05 bits per heavy atom. The number of nitrogens with zero attached hydrogens (tertiary/aromatic N) is 1. The molecule has 0 aromatic carbocycles. The predicted octanol–water partition coefficient (Wildman–Crippen LogP) is 1.69. The van der Waals surface area contributed by atoms with E-state index in [1.165, 1.54) is 25.7 Å². The average molecular weight is 264 g/mol. The molecule has 0 radical (unpaired) electrons. The quantitative estimate of drug-likeness (QED) is 0.843. The minimum atomic E-state index is 0.0489. The molecule has 19 heavy (non-hydrogen) atoms. The van der Waals surface area contributed by atoms with Gasteiger partial charge >= 0.3 is 0 Å². The summed E-state index contributed by atoms with van der Waals surface area (Å²) in [5.41, 5.74) is 0. The first-order valence-corrected chi connectivity index (χ1v) is 7.81. The number of piperidine rings is 1. The fourth-order valence-electron chi connectivity index (χ4n) is 4.20. The lowest BCUT2D eigenvalue weighted by Gasteiger charge is -2.27. The maximum atomic E-state index is 12.1. The molecule has 1 aliphatic heterocycles. The van der Waals surface area contributed by atoms with Crippen LogP contribution in [-0.2, 0) is 9.59 Å². The summed E-state index contributed by atoms with van der Waals surface area (Å²) < 4.78 is 0. The third-order valence-electron chi connectivity index (χ3n) is 5.19. The molecule has 2 saturated carbocycles. The topological polar surface area (TPSA) is 49.4 Å². The molecule has 0 aromatic heterocycles. The van der Waals surface area contributed by atoms with Crippen molar-refractivity contribution in [1.29, 1.82) is 0 Å². The molecule has 1 heterocycles. The Bertz CT molecular complexity index is 369. The summed E-state index contributed by atoms with van der Waals surface area (Å²) in [5, 5.41) is 3.19. The van der Waals surface area contributed by atoms with Gasteiger partial charge in [0.05, 0.1) is 6.54 Å². The zero-order valence-electron chi connectivity index (χ0n) is 11.6. The van der Waals surface area contributed by atoms with Crippen LogP contribution < -0.4 is 5.32 Å². The van der Waals surface area contributed by atoms with Gasteiger partial charge in [0.2, 0.25) is 11.8 Å². The van der Waals surface area contributed by atoms with Crippen LogP contribution in [0.5, 0.6) is 0 Å². The van der Waals surface area contributed by atoms with Crippen LogP contribution in [0.4, 0.5) is 0 Å². The number of carbonyl (C=O) groups is 2. The number of fused-ring (bicyclic) bond motifs is 1. The Labute approximate surface area is 114 Å². The SMILES string of the molecule is O=C(CN1CCCCC1=O)N[C@@H]1CC[C@H]2CCC[C@H]21. The molecule has 0 spiro atoms. The molecule has 3 fully saturated rings. The smallest absolute Gasteiger partial charge is 0.239 e. The lowest BCUT2D eigenvalue weighted by Crippen LogP contribution is -2.46. The highest BCUT2D eigenvalue weighted by Crippen LogP contribution is 2.43. The van der Waals surface area contributed by atoms with Crippen LogP contribution in [0.3, 0.4) is 0 Å². The van der Waals surface area contributed by atoms with Gasteiger partial charge in [0, 0.05) is 19.0 Å². The third-order valence-corrected chi connectivity index (χ3v) is 5.19. The molecule has 3 atom stereocenters. The number of hydrogen-bond acceptors (Lipinski definition) is 2. The highest BCUT2D eigenvalue weighted by Gasteiger charge is 2.39. The van der Waals surface area contributed by atoms with Gasteiger partial charge in [0.1, 0.15) is 0 Å². The van der Waals surface area contributed by atoms with Crippen molar-refractivity contribution < 1.29 is 9.59 Å². The van der Waals surface area contributed by atoms with Crippen molar-refractivity contribution in [3.63, 3.8) is 0 Å². The molecule has 0 bridgehead atoms. The van der Waals surface area contributed by atoms with E-state index in [9.17, 15) is 9.59 Å². The van der Waals surface area contributed by atoms with Gasteiger partial charge in [-0.3, -0.25) is 9.59 Å². The summed E-state index contributed by atoms with van der Waals surface area (Å²) in [6.45, 7) is 1.02. The van der Waals surface area contributed by atoms with Gasteiger partial charge < -0.3 is 10.2 Å². The minimum Gasteiger partial charge on any atom is -0.352 e. The maximum Gasteiger partial charge on any atom is 0.239 e. The molecule has 106 valence electrons. The fraction of sp³-hybridized carbons (Fsp3) is 0.867. The highest BCUT2D eigenvalue weighted by atomic mass is 16.2. The minimum absolute atomic E-state index is 0.0489. The summed E-state index contributed by atoms with van der Waals surface area (Å²) >= 11 is 0. The maximum absolute atomic E-state index is 12.1. The summed E-state index contributed by atoms with van der Waals surface area (Å²) in [6.07, 6.45) is 8.98. The van der Waals surface area contributed by atoms with E-state index in [1.54, 1.807) is 4.90 Å². The van der Waals surface area contributed by atoms with Crippen LogP contribution in [0, 0.1) is 11.8 Å². The van der Waals surface area contributed by atoms with Crippen molar-refractivity contribution in [2.75, 3.05) is 13.1 Å². The molecule has 3 aliphatic rings. The predicted molar refractivity (Wildman–Crippen MR) is 72.4 cm³/mol. The lowest BCUT2D eigenvalue weighted by atomic mass is 9.97. The van der Waals surface area contributed by atoms with Crippen LogP contribution in [0.1, 0.15) is 51.4 Å². The van der Waals surface area contributed by atoms with Gasteiger partial charge in [-0.05, 0) is 43.9 Å². The molecule has 4 nitrogen and oxygen atoms in total. The molecule has 2 amide bonds. The Morgan fingerprint density at radius 1 is 1.16 bits per heavy atom. The number of nitrogens with one attached hydrogen (secondary N) is 1. The number of likely N-dealkylation sites (tertiary alicyclic amines) is 1. The number of hydrogen-bond donors (Lipinski definition) is 1. The van der Waals surface area contributed by atoms with E-state index in [0.717, 1.165) is 31.7 Å². The van der Waals surface area contributed by atoms with E-state index in [4.69, 9.17) is 0 Å². The molecule has 1 saturated heterocycles. The van der Waals surface area contributed by atoms with Crippen LogP contribution in [0.15, 0.2) is 0 Å².